The van der Waals surface area contributed by atoms with Gasteiger partial charge in [0.15, 0.2) is 0 Å². The molecule has 5 heteroatoms. The average Bonchev–Trinajstić information content (AvgIpc) is 2.33. The van der Waals surface area contributed by atoms with Gasteiger partial charge in [-0.1, -0.05) is 46.9 Å². The normalized spacial score (nSPS) is 12.5. The van der Waals surface area contributed by atoms with Crippen molar-refractivity contribution in [3.05, 3.63) is 68.4 Å². The molecule has 0 radical (unpaired) electrons. The molecule has 1 unspecified atom stereocenters. The van der Waals surface area contributed by atoms with Gasteiger partial charge in [-0.3, -0.25) is 0 Å². The zero-order valence-corrected chi connectivity index (χ0v) is 12.1. The van der Waals surface area contributed by atoms with Gasteiger partial charge in [0, 0.05) is 26.7 Å². The number of halogens is 4. The lowest BCUT2D eigenvalue weighted by Gasteiger charge is -2.15. The average molecular weight is 319 g/mol. The molecule has 2 aromatic carbocycles. The van der Waals surface area contributed by atoms with E-state index in [9.17, 15) is 4.39 Å². The van der Waals surface area contributed by atoms with Crippen molar-refractivity contribution in [2.45, 2.75) is 12.5 Å². The fourth-order valence-electron chi connectivity index (χ4n) is 1.86. The summed E-state index contributed by atoms with van der Waals surface area (Å²) in [7, 11) is 0. The third kappa shape index (κ3) is 3.40. The molecule has 2 aromatic rings. The maximum absolute atomic E-state index is 13.8. The molecule has 0 spiro atoms. The van der Waals surface area contributed by atoms with Gasteiger partial charge < -0.3 is 5.73 Å². The van der Waals surface area contributed by atoms with E-state index in [1.807, 2.05) is 0 Å². The van der Waals surface area contributed by atoms with Crippen LogP contribution in [0.5, 0.6) is 0 Å². The second-order valence-corrected chi connectivity index (χ2v) is 5.43. The highest BCUT2D eigenvalue weighted by molar-refractivity contribution is 6.36. The Kier molecular flexibility index (Phi) is 4.69. The van der Waals surface area contributed by atoms with E-state index < -0.39 is 11.9 Å². The van der Waals surface area contributed by atoms with Crippen LogP contribution >= 0.6 is 34.8 Å². The molecule has 0 saturated heterocycles. The van der Waals surface area contributed by atoms with Gasteiger partial charge in [-0.2, -0.15) is 0 Å². The molecule has 100 valence electrons. The zero-order valence-electron chi connectivity index (χ0n) is 9.84. The minimum Gasteiger partial charge on any atom is -0.324 e. The second-order valence-electron chi connectivity index (χ2n) is 4.18. The van der Waals surface area contributed by atoms with E-state index >= 15 is 0 Å². The SMILES string of the molecule is NC(Cc1c(Cl)cccc1Cl)c1ccc(Cl)cc1F. The smallest absolute Gasteiger partial charge is 0.129 e. The summed E-state index contributed by atoms with van der Waals surface area (Å²) in [6.45, 7) is 0. The minimum absolute atomic E-state index is 0.337. The molecule has 19 heavy (non-hydrogen) atoms. The monoisotopic (exact) mass is 317 g/mol. The molecule has 0 aliphatic carbocycles. The number of benzene rings is 2. The molecule has 2 rings (SSSR count). The Labute approximate surface area is 126 Å². The van der Waals surface area contributed by atoms with Crippen molar-refractivity contribution in [3.8, 4) is 0 Å². The first-order valence-corrected chi connectivity index (χ1v) is 6.76. The molecule has 0 heterocycles. The highest BCUT2D eigenvalue weighted by Gasteiger charge is 2.15. The molecule has 0 saturated carbocycles. The largest absolute Gasteiger partial charge is 0.324 e. The van der Waals surface area contributed by atoms with Crippen molar-refractivity contribution in [2.24, 2.45) is 5.73 Å². The Morgan fingerprint density at radius 2 is 1.68 bits per heavy atom. The van der Waals surface area contributed by atoms with Crippen LogP contribution in [0.3, 0.4) is 0 Å². The van der Waals surface area contributed by atoms with Crippen LogP contribution in [0.25, 0.3) is 0 Å². The van der Waals surface area contributed by atoms with Crippen LogP contribution in [0.15, 0.2) is 36.4 Å². The Balaban J connectivity index is 2.28. The summed E-state index contributed by atoms with van der Waals surface area (Å²) in [4.78, 5) is 0. The van der Waals surface area contributed by atoms with Crippen molar-refractivity contribution in [2.75, 3.05) is 0 Å². The van der Waals surface area contributed by atoms with E-state index in [4.69, 9.17) is 40.5 Å². The molecule has 1 nitrogen and oxygen atoms in total. The van der Waals surface area contributed by atoms with E-state index in [2.05, 4.69) is 0 Å². The molecule has 0 aromatic heterocycles. The first kappa shape index (κ1) is 14.6. The number of nitrogens with two attached hydrogens (primary N) is 1. The molecule has 1 atom stereocenters. The first-order valence-electron chi connectivity index (χ1n) is 5.62. The van der Waals surface area contributed by atoms with Crippen LogP contribution in [-0.2, 0) is 6.42 Å². The Morgan fingerprint density at radius 3 is 2.26 bits per heavy atom. The van der Waals surface area contributed by atoms with E-state index in [-0.39, 0.29) is 0 Å². The van der Waals surface area contributed by atoms with E-state index in [1.54, 1.807) is 30.3 Å². The molecule has 0 bridgehead atoms. The standard InChI is InChI=1S/C14H11Cl3FN/c15-8-4-5-9(13(18)6-8)14(19)7-10-11(16)2-1-3-12(10)17/h1-6,14H,7,19H2. The van der Waals surface area contributed by atoms with Gasteiger partial charge in [-0.25, -0.2) is 4.39 Å². The summed E-state index contributed by atoms with van der Waals surface area (Å²) in [6, 6.07) is 9.10. The summed E-state index contributed by atoms with van der Waals surface area (Å²) < 4.78 is 13.8. The van der Waals surface area contributed by atoms with Gasteiger partial charge in [0.05, 0.1) is 0 Å². The molecule has 0 aliphatic heterocycles. The Bertz CT molecular complexity index is 581. The van der Waals surface area contributed by atoms with Crippen LogP contribution in [0.4, 0.5) is 4.39 Å². The highest BCUT2D eigenvalue weighted by Crippen LogP contribution is 2.29. The van der Waals surface area contributed by atoms with Crippen molar-refractivity contribution in [1.82, 2.24) is 0 Å². The number of hydrogen-bond acceptors (Lipinski definition) is 1. The third-order valence-electron chi connectivity index (χ3n) is 2.85. The summed E-state index contributed by atoms with van der Waals surface area (Å²) in [5, 5.41) is 1.39. The summed E-state index contributed by atoms with van der Waals surface area (Å²) in [5.74, 6) is -0.428. The van der Waals surface area contributed by atoms with Crippen molar-refractivity contribution >= 4 is 34.8 Å². The summed E-state index contributed by atoms with van der Waals surface area (Å²) >= 11 is 17.9. The molecule has 2 N–H and O–H groups in total. The highest BCUT2D eigenvalue weighted by atomic mass is 35.5. The van der Waals surface area contributed by atoms with Crippen LogP contribution in [0, 0.1) is 5.82 Å². The van der Waals surface area contributed by atoms with Crippen LogP contribution < -0.4 is 5.73 Å². The molecule has 0 fully saturated rings. The lowest BCUT2D eigenvalue weighted by molar-refractivity contribution is 0.580. The summed E-state index contributed by atoms with van der Waals surface area (Å²) in [6.07, 6.45) is 0.358. The van der Waals surface area contributed by atoms with Gasteiger partial charge in [-0.15, -0.1) is 0 Å². The van der Waals surface area contributed by atoms with Crippen molar-refractivity contribution < 1.29 is 4.39 Å². The minimum atomic E-state index is -0.533. The maximum atomic E-state index is 13.8. The molecular weight excluding hydrogens is 308 g/mol. The van der Waals surface area contributed by atoms with Crippen molar-refractivity contribution in [1.29, 1.82) is 0 Å². The Morgan fingerprint density at radius 1 is 1.05 bits per heavy atom. The lowest BCUT2D eigenvalue weighted by atomic mass is 9.99. The topological polar surface area (TPSA) is 26.0 Å². The fourth-order valence-corrected chi connectivity index (χ4v) is 2.57. The van der Waals surface area contributed by atoms with Gasteiger partial charge in [0.1, 0.15) is 5.82 Å². The quantitative estimate of drug-likeness (QED) is 0.844. The number of rotatable bonds is 3. The number of hydrogen-bond donors (Lipinski definition) is 1. The lowest BCUT2D eigenvalue weighted by Crippen LogP contribution is -2.15. The molecule has 0 amide bonds. The van der Waals surface area contributed by atoms with Gasteiger partial charge in [0.2, 0.25) is 0 Å². The van der Waals surface area contributed by atoms with Gasteiger partial charge >= 0.3 is 0 Å². The fraction of sp³-hybridized carbons (Fsp3) is 0.143. The Hall–Kier alpha value is -0.800. The second kappa shape index (κ2) is 6.10. The zero-order chi connectivity index (χ0) is 14.0. The van der Waals surface area contributed by atoms with E-state index in [0.717, 1.165) is 0 Å². The van der Waals surface area contributed by atoms with Crippen molar-refractivity contribution in [3.63, 3.8) is 0 Å². The van der Waals surface area contributed by atoms with E-state index in [0.29, 0.717) is 32.6 Å². The maximum Gasteiger partial charge on any atom is 0.129 e. The van der Waals surface area contributed by atoms with Crippen LogP contribution in [-0.4, -0.2) is 0 Å². The molecule has 0 aliphatic rings. The van der Waals surface area contributed by atoms with Crippen LogP contribution in [0.1, 0.15) is 17.2 Å². The predicted molar refractivity (Wildman–Crippen MR) is 78.5 cm³/mol. The van der Waals surface area contributed by atoms with Crippen LogP contribution in [0.2, 0.25) is 15.1 Å². The van der Waals surface area contributed by atoms with Gasteiger partial charge in [0.25, 0.3) is 0 Å². The summed E-state index contributed by atoms with van der Waals surface area (Å²) in [5.41, 5.74) is 7.12. The third-order valence-corrected chi connectivity index (χ3v) is 3.79. The van der Waals surface area contributed by atoms with Gasteiger partial charge in [-0.05, 0) is 36.2 Å². The predicted octanol–water partition coefficient (Wildman–Crippen LogP) is 5.03. The molecular formula is C14H11Cl3FN. The first-order chi connectivity index (χ1) is 8.99. The van der Waals surface area contributed by atoms with E-state index in [1.165, 1.54) is 6.07 Å².